The van der Waals surface area contributed by atoms with Gasteiger partial charge in [0, 0.05) is 12.8 Å². The second-order valence-electron chi connectivity index (χ2n) is 5.10. The number of aliphatic hydroxyl groups excluding tert-OH is 1. The van der Waals surface area contributed by atoms with E-state index in [4.69, 9.17) is 5.11 Å². The van der Waals surface area contributed by atoms with Gasteiger partial charge in [-0.05, 0) is 44.4 Å². The third-order valence-electron chi connectivity index (χ3n) is 3.92. The molecule has 1 aromatic rings. The van der Waals surface area contributed by atoms with Gasteiger partial charge in [-0.3, -0.25) is 0 Å². The summed E-state index contributed by atoms with van der Waals surface area (Å²) in [5.41, 5.74) is 1.01. The normalized spacial score (nSPS) is 25.1. The van der Waals surface area contributed by atoms with E-state index in [-0.39, 0.29) is 6.61 Å². The molecule has 96 valence electrons. The first kappa shape index (κ1) is 12.6. The zero-order valence-corrected chi connectivity index (χ0v) is 10.7. The van der Waals surface area contributed by atoms with Crippen LogP contribution in [0.15, 0.2) is 6.20 Å². The lowest BCUT2D eigenvalue weighted by Gasteiger charge is -2.27. The van der Waals surface area contributed by atoms with Gasteiger partial charge in [-0.25, -0.2) is 4.68 Å². The molecular formula is C13H23N3O. The van der Waals surface area contributed by atoms with Crippen molar-refractivity contribution in [2.24, 2.45) is 5.92 Å². The highest BCUT2D eigenvalue weighted by Gasteiger charge is 2.22. The van der Waals surface area contributed by atoms with Crippen LogP contribution in [0.3, 0.4) is 0 Å². The van der Waals surface area contributed by atoms with Gasteiger partial charge in [-0.1, -0.05) is 18.6 Å². The van der Waals surface area contributed by atoms with Gasteiger partial charge < -0.3 is 5.11 Å². The van der Waals surface area contributed by atoms with Crippen molar-refractivity contribution in [3.8, 4) is 0 Å². The molecule has 1 saturated carbocycles. The summed E-state index contributed by atoms with van der Waals surface area (Å²) in [6.07, 6.45) is 10.1. The molecule has 2 rings (SSSR count). The van der Waals surface area contributed by atoms with E-state index >= 15 is 0 Å². The number of aliphatic hydroxyl groups is 1. The third kappa shape index (κ3) is 3.28. The topological polar surface area (TPSA) is 50.9 Å². The van der Waals surface area contributed by atoms with E-state index in [0.717, 1.165) is 24.5 Å². The largest absolute Gasteiger partial charge is 0.396 e. The monoisotopic (exact) mass is 237 g/mol. The Morgan fingerprint density at radius 3 is 2.76 bits per heavy atom. The standard InChI is InChI=1S/C13H23N3O/c1-2-11-5-7-13(8-6-11)16-10-12(14-15-16)4-3-9-17/h10-11,13,17H,2-9H2,1H3. The molecule has 0 spiro atoms. The second kappa shape index (κ2) is 6.15. The molecule has 17 heavy (non-hydrogen) atoms. The van der Waals surface area contributed by atoms with Gasteiger partial charge in [-0.15, -0.1) is 5.10 Å². The van der Waals surface area contributed by atoms with E-state index in [1.54, 1.807) is 0 Å². The zero-order valence-electron chi connectivity index (χ0n) is 10.7. The quantitative estimate of drug-likeness (QED) is 0.855. The predicted molar refractivity (Wildman–Crippen MR) is 66.7 cm³/mol. The van der Waals surface area contributed by atoms with Crippen molar-refractivity contribution in [1.29, 1.82) is 0 Å². The predicted octanol–water partition coefficient (Wildman–Crippen LogP) is 2.34. The van der Waals surface area contributed by atoms with E-state index in [1.807, 2.05) is 4.68 Å². The molecule has 1 heterocycles. The number of hydrogen-bond donors (Lipinski definition) is 1. The fourth-order valence-corrected chi connectivity index (χ4v) is 2.68. The maximum Gasteiger partial charge on any atom is 0.0828 e. The second-order valence-corrected chi connectivity index (χ2v) is 5.10. The summed E-state index contributed by atoms with van der Waals surface area (Å²) in [5, 5.41) is 17.2. The molecule has 0 atom stereocenters. The lowest BCUT2D eigenvalue weighted by molar-refractivity contribution is 0.253. The van der Waals surface area contributed by atoms with E-state index in [2.05, 4.69) is 23.4 Å². The molecule has 1 aliphatic rings. The van der Waals surface area contributed by atoms with Crippen LogP contribution in [0, 0.1) is 5.92 Å². The Balaban J connectivity index is 1.87. The van der Waals surface area contributed by atoms with Gasteiger partial charge in [0.25, 0.3) is 0 Å². The Morgan fingerprint density at radius 1 is 1.35 bits per heavy atom. The first-order valence-electron chi connectivity index (χ1n) is 6.85. The Kier molecular flexibility index (Phi) is 4.54. The van der Waals surface area contributed by atoms with Crippen molar-refractivity contribution in [3.63, 3.8) is 0 Å². The minimum Gasteiger partial charge on any atom is -0.396 e. The van der Waals surface area contributed by atoms with Crippen LogP contribution in [0.5, 0.6) is 0 Å². The van der Waals surface area contributed by atoms with Crippen molar-refractivity contribution in [2.45, 2.75) is 57.9 Å². The van der Waals surface area contributed by atoms with Gasteiger partial charge in [-0.2, -0.15) is 0 Å². The first-order valence-corrected chi connectivity index (χ1v) is 6.85. The average Bonchev–Trinajstić information content (AvgIpc) is 2.85. The van der Waals surface area contributed by atoms with Gasteiger partial charge in [0.2, 0.25) is 0 Å². The molecule has 0 bridgehead atoms. The van der Waals surface area contributed by atoms with Crippen molar-refractivity contribution in [1.82, 2.24) is 15.0 Å². The molecule has 4 heteroatoms. The number of rotatable bonds is 5. The summed E-state index contributed by atoms with van der Waals surface area (Å²) in [6, 6.07) is 0.549. The van der Waals surface area contributed by atoms with Gasteiger partial charge in [0.1, 0.15) is 0 Å². The van der Waals surface area contributed by atoms with Gasteiger partial charge >= 0.3 is 0 Å². The first-order chi connectivity index (χ1) is 8.33. The highest BCUT2D eigenvalue weighted by Crippen LogP contribution is 2.33. The molecule has 1 aromatic heterocycles. The van der Waals surface area contributed by atoms with E-state index < -0.39 is 0 Å². The zero-order chi connectivity index (χ0) is 12.1. The van der Waals surface area contributed by atoms with Crippen LogP contribution >= 0.6 is 0 Å². The highest BCUT2D eigenvalue weighted by molar-refractivity contribution is 4.94. The van der Waals surface area contributed by atoms with E-state index in [9.17, 15) is 0 Å². The fourth-order valence-electron chi connectivity index (χ4n) is 2.68. The third-order valence-corrected chi connectivity index (χ3v) is 3.92. The molecule has 4 nitrogen and oxygen atoms in total. The SMILES string of the molecule is CCC1CCC(n2cc(CCCO)nn2)CC1. The summed E-state index contributed by atoms with van der Waals surface area (Å²) in [7, 11) is 0. The molecule has 0 radical (unpaired) electrons. The molecule has 0 amide bonds. The van der Waals surface area contributed by atoms with Crippen molar-refractivity contribution < 1.29 is 5.11 Å². The summed E-state index contributed by atoms with van der Waals surface area (Å²) >= 11 is 0. The number of aromatic nitrogens is 3. The minimum atomic E-state index is 0.231. The molecule has 1 aliphatic carbocycles. The summed E-state index contributed by atoms with van der Waals surface area (Å²) in [6.45, 7) is 2.52. The van der Waals surface area contributed by atoms with Crippen LogP contribution in [-0.2, 0) is 6.42 Å². The summed E-state index contributed by atoms with van der Waals surface area (Å²) < 4.78 is 2.04. The molecule has 1 fully saturated rings. The molecule has 0 unspecified atom stereocenters. The average molecular weight is 237 g/mol. The van der Waals surface area contributed by atoms with Crippen molar-refractivity contribution >= 4 is 0 Å². The molecule has 1 N–H and O–H groups in total. The summed E-state index contributed by atoms with van der Waals surface area (Å²) in [4.78, 5) is 0. The number of aryl methyl sites for hydroxylation is 1. The Labute approximate surface area is 103 Å². The minimum absolute atomic E-state index is 0.231. The number of nitrogens with zero attached hydrogens (tertiary/aromatic N) is 3. The van der Waals surface area contributed by atoms with Crippen LogP contribution in [0.2, 0.25) is 0 Å². The van der Waals surface area contributed by atoms with Crippen molar-refractivity contribution in [3.05, 3.63) is 11.9 Å². The van der Waals surface area contributed by atoms with Crippen LogP contribution in [-0.4, -0.2) is 26.7 Å². The Hall–Kier alpha value is -0.900. The summed E-state index contributed by atoms with van der Waals surface area (Å²) in [5.74, 6) is 0.920. The van der Waals surface area contributed by atoms with Crippen molar-refractivity contribution in [2.75, 3.05) is 6.61 Å². The molecule has 0 aromatic carbocycles. The Bertz CT molecular complexity index is 329. The van der Waals surface area contributed by atoms with E-state index in [0.29, 0.717) is 6.04 Å². The highest BCUT2D eigenvalue weighted by atomic mass is 16.2. The maximum absolute atomic E-state index is 8.78. The van der Waals surface area contributed by atoms with Crippen LogP contribution in [0.4, 0.5) is 0 Å². The lowest BCUT2D eigenvalue weighted by atomic mass is 9.85. The van der Waals surface area contributed by atoms with Gasteiger partial charge in [0.05, 0.1) is 11.7 Å². The lowest BCUT2D eigenvalue weighted by Crippen LogP contribution is -2.18. The fraction of sp³-hybridized carbons (Fsp3) is 0.846. The molecule has 0 saturated heterocycles. The van der Waals surface area contributed by atoms with Crippen LogP contribution in [0.25, 0.3) is 0 Å². The molecular weight excluding hydrogens is 214 g/mol. The van der Waals surface area contributed by atoms with E-state index in [1.165, 1.54) is 32.1 Å². The van der Waals surface area contributed by atoms with Crippen LogP contribution < -0.4 is 0 Å². The maximum atomic E-state index is 8.78. The number of hydrogen-bond acceptors (Lipinski definition) is 3. The molecule has 0 aliphatic heterocycles. The smallest absolute Gasteiger partial charge is 0.0828 e. The van der Waals surface area contributed by atoms with Gasteiger partial charge in [0.15, 0.2) is 0 Å². The van der Waals surface area contributed by atoms with Crippen LogP contribution in [0.1, 0.15) is 57.2 Å². The Morgan fingerprint density at radius 2 is 2.12 bits per heavy atom.